The fourth-order valence-electron chi connectivity index (χ4n) is 2.99. The zero-order chi connectivity index (χ0) is 25.0. The summed E-state index contributed by atoms with van der Waals surface area (Å²) in [7, 11) is -3.92. The second-order valence-electron chi connectivity index (χ2n) is 7.48. The highest BCUT2D eigenvalue weighted by atomic mass is 32.2. The number of benzene rings is 1. The number of alkyl halides is 4. The molecule has 1 aliphatic heterocycles. The molecule has 0 bridgehead atoms. The molecule has 13 heteroatoms. The van der Waals surface area contributed by atoms with Crippen molar-refractivity contribution in [1.29, 1.82) is 0 Å². The highest BCUT2D eigenvalue weighted by Crippen LogP contribution is 2.31. The van der Waals surface area contributed by atoms with E-state index in [9.17, 15) is 22.4 Å². The molecule has 2 aromatic rings. The Kier molecular flexibility index (Phi) is 8.38. The van der Waals surface area contributed by atoms with Gasteiger partial charge in [-0.1, -0.05) is 13.0 Å². The van der Waals surface area contributed by atoms with E-state index in [1.54, 1.807) is 19.1 Å². The van der Waals surface area contributed by atoms with Crippen molar-refractivity contribution < 1.29 is 45.8 Å². The molecule has 1 aromatic heterocycles. The van der Waals surface area contributed by atoms with E-state index in [0.29, 0.717) is 18.4 Å². The number of hydrogen-bond acceptors (Lipinski definition) is 6. The Hall–Kier alpha value is -2.77. The highest BCUT2D eigenvalue weighted by molar-refractivity contribution is 7.84. The van der Waals surface area contributed by atoms with Crippen molar-refractivity contribution in [2.24, 2.45) is 5.92 Å². The van der Waals surface area contributed by atoms with Gasteiger partial charge in [-0.2, -0.15) is 13.2 Å². The molecule has 182 valence electrons. The first-order valence-corrected chi connectivity index (χ1v) is 11.5. The topological polar surface area (TPSA) is 127 Å². The summed E-state index contributed by atoms with van der Waals surface area (Å²) in [5, 5.41) is 0. The largest absolute Gasteiger partial charge is 0.748 e. The summed E-state index contributed by atoms with van der Waals surface area (Å²) in [4.78, 5) is 17.5. The minimum Gasteiger partial charge on any atom is -0.748 e. The Morgan fingerprint density at radius 3 is 2.42 bits per heavy atom. The molecule has 3 N–H and O–H groups in total. The normalized spacial score (nSPS) is 18.5. The van der Waals surface area contributed by atoms with Crippen LogP contribution in [0.25, 0.3) is 0 Å². The van der Waals surface area contributed by atoms with Crippen LogP contribution in [0.2, 0.25) is 0 Å². The van der Waals surface area contributed by atoms with Crippen LogP contribution >= 0.6 is 0 Å². The first-order chi connectivity index (χ1) is 15.2. The maximum Gasteiger partial charge on any atom is 0.433 e. The van der Waals surface area contributed by atoms with Gasteiger partial charge in [-0.3, -0.25) is 4.79 Å². The highest BCUT2D eigenvalue weighted by Gasteiger charge is 2.34. The minimum atomic E-state index is -4.61. The van der Waals surface area contributed by atoms with Crippen LogP contribution in [0, 0.1) is 5.92 Å². The molecule has 1 amide bonds. The summed E-state index contributed by atoms with van der Waals surface area (Å²) < 4.78 is 85.4. The molecular weight excluding hydrogens is 470 g/mol. The first-order valence-electron chi connectivity index (χ1n) is 9.67. The zero-order valence-corrected chi connectivity index (χ0v) is 18.6. The Morgan fingerprint density at radius 1 is 1.27 bits per heavy atom. The van der Waals surface area contributed by atoms with Crippen LogP contribution in [0.15, 0.2) is 36.4 Å². The van der Waals surface area contributed by atoms with E-state index in [1.807, 2.05) is 0 Å². The third-order valence-electron chi connectivity index (χ3n) is 4.55. The van der Waals surface area contributed by atoms with Gasteiger partial charge in [0.2, 0.25) is 5.88 Å². The maximum atomic E-state index is 13.7. The SMILES string of the molecule is CS(=O)(=O)[O-].C[C@@H]1CN(C(=O)c2cccc(Oc3cc(C[NH3+])cc(C(F)(F)F)n3)c2)C[C@H]1F. The average Bonchev–Trinajstić information content (AvgIpc) is 3.04. The van der Waals surface area contributed by atoms with E-state index in [1.165, 1.54) is 23.1 Å². The predicted molar refractivity (Wildman–Crippen MR) is 108 cm³/mol. The Morgan fingerprint density at radius 2 is 1.91 bits per heavy atom. The lowest BCUT2D eigenvalue weighted by Crippen LogP contribution is -2.47. The summed E-state index contributed by atoms with van der Waals surface area (Å²) in [5.74, 6) is -0.667. The molecule has 2 heterocycles. The number of rotatable bonds is 4. The van der Waals surface area contributed by atoms with Crippen molar-refractivity contribution in [3.05, 3.63) is 53.2 Å². The lowest BCUT2D eigenvalue weighted by atomic mass is 10.1. The van der Waals surface area contributed by atoms with Gasteiger partial charge in [0.15, 0.2) is 0 Å². The lowest BCUT2D eigenvalue weighted by molar-refractivity contribution is -0.386. The minimum absolute atomic E-state index is 0.0210. The molecule has 3 rings (SSSR count). The van der Waals surface area contributed by atoms with Crippen molar-refractivity contribution in [3.8, 4) is 11.6 Å². The maximum absolute atomic E-state index is 13.7. The lowest BCUT2D eigenvalue weighted by Gasteiger charge is -2.16. The summed E-state index contributed by atoms with van der Waals surface area (Å²) in [5.41, 5.74) is 3.11. The first kappa shape index (κ1) is 26.5. The van der Waals surface area contributed by atoms with E-state index < -0.39 is 28.2 Å². The summed E-state index contributed by atoms with van der Waals surface area (Å²) in [6, 6.07) is 8.29. The number of carbonyl (C=O) groups is 1. The molecule has 0 spiro atoms. The number of ether oxygens (including phenoxy) is 1. The second kappa shape index (κ2) is 10.4. The zero-order valence-electron chi connectivity index (χ0n) is 17.8. The Bertz CT molecular complexity index is 1080. The molecule has 2 atom stereocenters. The van der Waals surface area contributed by atoms with Gasteiger partial charge in [0, 0.05) is 35.9 Å². The fraction of sp³-hybridized carbons (Fsp3) is 0.400. The molecule has 1 aromatic carbocycles. The van der Waals surface area contributed by atoms with E-state index in [2.05, 4.69) is 10.7 Å². The number of amides is 1. The molecule has 0 radical (unpaired) electrons. The number of likely N-dealkylation sites (tertiary alicyclic amines) is 1. The van der Waals surface area contributed by atoms with Gasteiger partial charge >= 0.3 is 6.18 Å². The number of nitrogens with zero attached hydrogens (tertiary/aromatic N) is 2. The van der Waals surface area contributed by atoms with Crippen LogP contribution in [0.1, 0.15) is 28.5 Å². The van der Waals surface area contributed by atoms with E-state index in [0.717, 1.165) is 6.07 Å². The number of carbonyl (C=O) groups excluding carboxylic acids is 1. The summed E-state index contributed by atoms with van der Waals surface area (Å²) in [6.07, 6.45) is -5.08. The number of hydrogen-bond donors (Lipinski definition) is 1. The fourth-order valence-corrected chi connectivity index (χ4v) is 2.99. The van der Waals surface area contributed by atoms with Crippen LogP contribution in [0.4, 0.5) is 17.6 Å². The average molecular weight is 493 g/mol. The number of pyridine rings is 1. The molecule has 0 saturated carbocycles. The Balaban J connectivity index is 0.000000696. The van der Waals surface area contributed by atoms with Gasteiger partial charge in [0.05, 0.1) is 23.2 Å². The third-order valence-corrected chi connectivity index (χ3v) is 4.55. The van der Waals surface area contributed by atoms with Gasteiger partial charge in [0.1, 0.15) is 17.6 Å². The molecule has 33 heavy (non-hydrogen) atoms. The van der Waals surface area contributed by atoms with E-state index >= 15 is 0 Å². The predicted octanol–water partition coefficient (Wildman–Crippen LogP) is 2.23. The van der Waals surface area contributed by atoms with Gasteiger partial charge < -0.3 is 19.9 Å². The van der Waals surface area contributed by atoms with Crippen LogP contribution < -0.4 is 10.5 Å². The van der Waals surface area contributed by atoms with Crippen molar-refractivity contribution in [2.45, 2.75) is 25.8 Å². The molecule has 8 nitrogen and oxygen atoms in total. The molecule has 1 aliphatic rings. The second-order valence-corrected chi connectivity index (χ2v) is 8.89. The standard InChI is InChI=1S/C19H19F4N3O2.CH4O3S/c1-11-9-26(10-15(11)20)18(27)13-3-2-4-14(7-13)28-17-6-12(8-24)5-16(25-17)19(21,22)23;1-5(2,3)4/h2-7,11,15H,8-10,24H2,1H3;1H3,(H,2,3,4)/t11-,15-;/m1./s1. The van der Waals surface area contributed by atoms with Crippen LogP contribution in [0.5, 0.6) is 11.6 Å². The number of quaternary nitrogens is 1. The molecule has 0 unspecified atom stereocenters. The molecule has 0 aliphatic carbocycles. The Labute approximate surface area is 188 Å². The molecule has 1 fully saturated rings. The van der Waals surface area contributed by atoms with Crippen molar-refractivity contribution >= 4 is 16.0 Å². The third kappa shape index (κ3) is 8.26. The molecular formula is C20H23F4N3O5S. The van der Waals surface area contributed by atoms with Gasteiger partial charge in [-0.15, -0.1) is 0 Å². The summed E-state index contributed by atoms with van der Waals surface area (Å²) in [6.45, 7) is 2.20. The summed E-state index contributed by atoms with van der Waals surface area (Å²) >= 11 is 0. The van der Waals surface area contributed by atoms with Crippen molar-refractivity contribution in [3.63, 3.8) is 0 Å². The number of halogens is 4. The van der Waals surface area contributed by atoms with Gasteiger partial charge in [-0.25, -0.2) is 17.8 Å². The van der Waals surface area contributed by atoms with Gasteiger partial charge in [0.25, 0.3) is 5.91 Å². The monoisotopic (exact) mass is 493 g/mol. The molecule has 1 saturated heterocycles. The van der Waals surface area contributed by atoms with Crippen LogP contribution in [0.3, 0.4) is 0 Å². The van der Waals surface area contributed by atoms with Crippen LogP contribution in [-0.4, -0.2) is 54.3 Å². The smallest absolute Gasteiger partial charge is 0.433 e. The van der Waals surface area contributed by atoms with E-state index in [-0.39, 0.29) is 42.1 Å². The van der Waals surface area contributed by atoms with Crippen LogP contribution in [-0.2, 0) is 22.8 Å². The van der Waals surface area contributed by atoms with Crippen molar-refractivity contribution in [2.75, 3.05) is 19.3 Å². The van der Waals surface area contributed by atoms with Gasteiger partial charge in [-0.05, 0) is 24.3 Å². The number of aromatic nitrogens is 1. The quantitative estimate of drug-likeness (QED) is 0.514. The van der Waals surface area contributed by atoms with Crippen molar-refractivity contribution in [1.82, 2.24) is 9.88 Å². The van der Waals surface area contributed by atoms with E-state index in [4.69, 9.17) is 17.7 Å².